The van der Waals surface area contributed by atoms with Crippen molar-refractivity contribution >= 4 is 0 Å². The van der Waals surface area contributed by atoms with Crippen LogP contribution in [0.2, 0.25) is 0 Å². The third-order valence-electron chi connectivity index (χ3n) is 4.22. The highest BCUT2D eigenvalue weighted by molar-refractivity contribution is 5.50. The molecule has 0 N–H and O–H groups in total. The second kappa shape index (κ2) is 8.97. The molecule has 0 amide bonds. The first kappa shape index (κ1) is 20.9. The lowest BCUT2D eigenvalue weighted by atomic mass is 9.95. The zero-order valence-electron chi connectivity index (χ0n) is 17.0. The molecule has 0 aliphatic carbocycles. The number of hydrogen-bond donors (Lipinski definition) is 0. The molecule has 0 spiro atoms. The Balaban J connectivity index is 2.70. The van der Waals surface area contributed by atoms with Crippen LogP contribution in [-0.4, -0.2) is 41.7 Å². The van der Waals surface area contributed by atoms with E-state index >= 15 is 0 Å². The van der Waals surface area contributed by atoms with Crippen molar-refractivity contribution in [1.82, 2.24) is 0 Å². The summed E-state index contributed by atoms with van der Waals surface area (Å²) in [6.45, 7) is 3.91. The fraction of sp³-hybridized carbons (Fsp3) is 0.429. The first-order chi connectivity index (χ1) is 12.9. The monoisotopic (exact) mass is 376 g/mol. The lowest BCUT2D eigenvalue weighted by Gasteiger charge is -2.35. The summed E-state index contributed by atoms with van der Waals surface area (Å²) in [5.41, 5.74) is 1.53. The Morgan fingerprint density at radius 3 is 1.33 bits per heavy atom. The van der Waals surface area contributed by atoms with E-state index in [-0.39, 0.29) is 6.10 Å². The molecule has 0 heterocycles. The van der Waals surface area contributed by atoms with Gasteiger partial charge in [0.05, 0.1) is 34.5 Å². The molecule has 2 aromatic rings. The van der Waals surface area contributed by atoms with Crippen LogP contribution in [0, 0.1) is 0 Å². The van der Waals surface area contributed by atoms with Crippen molar-refractivity contribution in [3.8, 4) is 23.0 Å². The standard InChI is InChI=1S/C21H28O6/c1-14(2)27-21(26-7,15-8-10-17(22-3)19(12-15)24-5)16-9-11-18(23-4)20(13-16)25-6/h8-14H,1-7H3. The molecular formula is C21H28O6. The molecule has 0 fully saturated rings. The summed E-state index contributed by atoms with van der Waals surface area (Å²) in [4.78, 5) is 0. The van der Waals surface area contributed by atoms with Gasteiger partial charge in [0.15, 0.2) is 23.0 Å². The van der Waals surface area contributed by atoms with Gasteiger partial charge in [-0.3, -0.25) is 0 Å². The number of benzene rings is 2. The summed E-state index contributed by atoms with van der Waals surface area (Å²) in [5, 5.41) is 0. The van der Waals surface area contributed by atoms with Crippen molar-refractivity contribution in [3.63, 3.8) is 0 Å². The minimum Gasteiger partial charge on any atom is -0.493 e. The molecule has 0 saturated carbocycles. The molecular weight excluding hydrogens is 348 g/mol. The fourth-order valence-corrected chi connectivity index (χ4v) is 3.00. The van der Waals surface area contributed by atoms with E-state index in [1.807, 2.05) is 50.2 Å². The molecule has 0 aliphatic heterocycles. The molecule has 6 heteroatoms. The quantitative estimate of drug-likeness (QED) is 0.617. The highest BCUT2D eigenvalue weighted by Gasteiger charge is 2.38. The average Bonchev–Trinajstić information content (AvgIpc) is 2.70. The first-order valence-corrected chi connectivity index (χ1v) is 8.63. The maximum atomic E-state index is 6.29. The molecule has 6 nitrogen and oxygen atoms in total. The van der Waals surface area contributed by atoms with Gasteiger partial charge in [0, 0.05) is 18.2 Å². The van der Waals surface area contributed by atoms with Gasteiger partial charge in [-0.1, -0.05) is 0 Å². The largest absolute Gasteiger partial charge is 0.493 e. The molecule has 0 aromatic heterocycles. The van der Waals surface area contributed by atoms with Crippen LogP contribution in [0.25, 0.3) is 0 Å². The molecule has 0 radical (unpaired) electrons. The fourth-order valence-electron chi connectivity index (χ4n) is 3.00. The van der Waals surface area contributed by atoms with Crippen molar-refractivity contribution < 1.29 is 28.4 Å². The van der Waals surface area contributed by atoms with E-state index in [4.69, 9.17) is 28.4 Å². The SMILES string of the molecule is COc1ccc(C(OC)(OC(C)C)c2ccc(OC)c(OC)c2)cc1OC. The summed E-state index contributed by atoms with van der Waals surface area (Å²) in [7, 11) is 7.99. The average molecular weight is 376 g/mol. The molecule has 0 unspecified atom stereocenters. The van der Waals surface area contributed by atoms with E-state index in [9.17, 15) is 0 Å². The van der Waals surface area contributed by atoms with E-state index in [1.54, 1.807) is 35.5 Å². The Hall–Kier alpha value is -2.44. The number of hydrogen-bond acceptors (Lipinski definition) is 6. The van der Waals surface area contributed by atoms with Gasteiger partial charge in [0.25, 0.3) is 0 Å². The van der Waals surface area contributed by atoms with Crippen molar-refractivity contribution in [3.05, 3.63) is 47.5 Å². The van der Waals surface area contributed by atoms with Crippen LogP contribution in [0.4, 0.5) is 0 Å². The van der Waals surface area contributed by atoms with E-state index in [0.717, 1.165) is 11.1 Å². The lowest BCUT2D eigenvalue weighted by Crippen LogP contribution is -2.36. The highest BCUT2D eigenvalue weighted by Crippen LogP contribution is 2.42. The van der Waals surface area contributed by atoms with Gasteiger partial charge in [-0.2, -0.15) is 0 Å². The van der Waals surface area contributed by atoms with Crippen molar-refractivity contribution in [2.75, 3.05) is 35.5 Å². The van der Waals surface area contributed by atoms with Crippen molar-refractivity contribution in [2.24, 2.45) is 0 Å². The maximum absolute atomic E-state index is 6.29. The van der Waals surface area contributed by atoms with Gasteiger partial charge in [0.2, 0.25) is 5.79 Å². The normalized spacial score (nSPS) is 11.4. The number of ether oxygens (including phenoxy) is 6. The van der Waals surface area contributed by atoms with Crippen LogP contribution in [0.5, 0.6) is 23.0 Å². The molecule has 0 atom stereocenters. The third-order valence-corrected chi connectivity index (χ3v) is 4.22. The smallest absolute Gasteiger partial charge is 0.222 e. The van der Waals surface area contributed by atoms with Crippen LogP contribution in [-0.2, 0) is 15.3 Å². The summed E-state index contributed by atoms with van der Waals surface area (Å²) >= 11 is 0. The number of methoxy groups -OCH3 is 5. The molecule has 0 aliphatic rings. The van der Waals surface area contributed by atoms with Crippen LogP contribution >= 0.6 is 0 Å². The molecule has 0 bridgehead atoms. The van der Waals surface area contributed by atoms with Gasteiger partial charge < -0.3 is 28.4 Å². The van der Waals surface area contributed by atoms with Gasteiger partial charge in [-0.25, -0.2) is 0 Å². The minimum atomic E-state index is -1.16. The molecule has 148 valence electrons. The maximum Gasteiger partial charge on any atom is 0.222 e. The van der Waals surface area contributed by atoms with Crippen molar-refractivity contribution in [2.45, 2.75) is 25.7 Å². The topological polar surface area (TPSA) is 55.4 Å². The summed E-state index contributed by atoms with van der Waals surface area (Å²) < 4.78 is 33.9. The second-order valence-electron chi connectivity index (χ2n) is 6.13. The number of rotatable bonds is 9. The van der Waals surface area contributed by atoms with Gasteiger partial charge in [0.1, 0.15) is 0 Å². The zero-order valence-corrected chi connectivity index (χ0v) is 17.0. The predicted octanol–water partition coefficient (Wildman–Crippen LogP) is 3.99. The Labute approximate surface area is 160 Å². The second-order valence-corrected chi connectivity index (χ2v) is 6.13. The predicted molar refractivity (Wildman–Crippen MR) is 103 cm³/mol. The van der Waals surface area contributed by atoms with Crippen LogP contribution in [0.15, 0.2) is 36.4 Å². The molecule has 2 aromatic carbocycles. The Morgan fingerprint density at radius 2 is 1.04 bits per heavy atom. The minimum absolute atomic E-state index is 0.105. The van der Waals surface area contributed by atoms with Crippen LogP contribution in [0.3, 0.4) is 0 Å². The van der Waals surface area contributed by atoms with E-state index < -0.39 is 5.79 Å². The molecule has 0 saturated heterocycles. The van der Waals surface area contributed by atoms with Gasteiger partial charge in [-0.05, 0) is 50.2 Å². The Kier molecular flexibility index (Phi) is 6.93. The van der Waals surface area contributed by atoms with E-state index in [1.165, 1.54) is 0 Å². The van der Waals surface area contributed by atoms with E-state index in [0.29, 0.717) is 23.0 Å². The van der Waals surface area contributed by atoms with Gasteiger partial charge >= 0.3 is 0 Å². The van der Waals surface area contributed by atoms with Gasteiger partial charge in [-0.15, -0.1) is 0 Å². The first-order valence-electron chi connectivity index (χ1n) is 8.63. The van der Waals surface area contributed by atoms with Crippen LogP contribution in [0.1, 0.15) is 25.0 Å². The highest BCUT2D eigenvalue weighted by atomic mass is 16.7. The summed E-state index contributed by atoms with van der Waals surface area (Å²) in [6, 6.07) is 11.1. The lowest BCUT2D eigenvalue weighted by molar-refractivity contribution is -0.221. The zero-order chi connectivity index (χ0) is 20.0. The summed E-state index contributed by atoms with van der Waals surface area (Å²) in [5.74, 6) is 1.27. The Bertz CT molecular complexity index is 701. The summed E-state index contributed by atoms with van der Waals surface area (Å²) in [6.07, 6.45) is -0.105. The van der Waals surface area contributed by atoms with Crippen LogP contribution < -0.4 is 18.9 Å². The van der Waals surface area contributed by atoms with E-state index in [2.05, 4.69) is 0 Å². The van der Waals surface area contributed by atoms with Crippen molar-refractivity contribution in [1.29, 1.82) is 0 Å². The third kappa shape index (κ3) is 4.12. The molecule has 2 rings (SSSR count). The molecule has 27 heavy (non-hydrogen) atoms. The Morgan fingerprint density at radius 1 is 0.630 bits per heavy atom.